The number of unbranched alkanes of at least 4 members (excludes halogenated alkanes) is 2. The number of hydrogen-bond donors (Lipinski definition) is 3. The molecule has 0 bridgehead atoms. The first-order valence-corrected chi connectivity index (χ1v) is 10.0. The molecule has 0 aliphatic carbocycles. The number of fused-ring (bicyclic) bond motifs is 1. The summed E-state index contributed by atoms with van der Waals surface area (Å²) in [6, 6.07) is 3.99. The predicted molar refractivity (Wildman–Crippen MR) is 106 cm³/mol. The lowest BCUT2D eigenvalue weighted by Crippen LogP contribution is -2.14. The molecule has 0 radical (unpaired) electrons. The van der Waals surface area contributed by atoms with Crippen LogP contribution in [0.3, 0.4) is 0 Å². The smallest absolute Gasteiger partial charge is 0.303 e. The topological polar surface area (TPSA) is 108 Å². The molecule has 0 aromatic carbocycles. The molecule has 0 amide bonds. The second-order valence-electron chi connectivity index (χ2n) is 7.39. The molecule has 0 spiro atoms. The molecule has 3 N–H and O–H groups in total. The van der Waals surface area contributed by atoms with Crippen molar-refractivity contribution in [3.8, 4) is 0 Å². The number of aromatic nitrogens is 3. The fraction of sp³-hybridized carbons (Fsp3) is 0.524. The summed E-state index contributed by atoms with van der Waals surface area (Å²) in [5.74, 6) is 0.0257. The molecule has 2 aromatic rings. The highest BCUT2D eigenvalue weighted by Gasteiger charge is 2.17. The Balaban J connectivity index is 1.43. The van der Waals surface area contributed by atoms with Crippen LogP contribution in [0.4, 0.5) is 5.82 Å². The van der Waals surface area contributed by atoms with Crippen LogP contribution in [0.15, 0.2) is 30.9 Å². The predicted octanol–water partition coefficient (Wildman–Crippen LogP) is 3.47. The van der Waals surface area contributed by atoms with Crippen LogP contribution in [0.5, 0.6) is 0 Å². The van der Waals surface area contributed by atoms with E-state index < -0.39 is 12.1 Å². The van der Waals surface area contributed by atoms with Gasteiger partial charge in [0, 0.05) is 18.9 Å². The van der Waals surface area contributed by atoms with Crippen LogP contribution in [-0.2, 0) is 11.2 Å². The van der Waals surface area contributed by atoms with Crippen molar-refractivity contribution in [1.82, 2.24) is 15.0 Å². The summed E-state index contributed by atoms with van der Waals surface area (Å²) < 4.78 is 0. The molecule has 2 aromatic heterocycles. The molecule has 2 atom stereocenters. The zero-order chi connectivity index (χ0) is 19.8. The van der Waals surface area contributed by atoms with E-state index in [1.165, 1.54) is 11.9 Å². The second kappa shape index (κ2) is 10.1. The summed E-state index contributed by atoms with van der Waals surface area (Å²) in [5.41, 5.74) is 2.81. The Morgan fingerprint density at radius 3 is 2.71 bits per heavy atom. The van der Waals surface area contributed by atoms with E-state index >= 15 is 0 Å². The largest absolute Gasteiger partial charge is 0.481 e. The first-order chi connectivity index (χ1) is 13.6. The second-order valence-corrected chi connectivity index (χ2v) is 7.39. The molecule has 28 heavy (non-hydrogen) atoms. The minimum absolute atomic E-state index is 0.0722. The van der Waals surface area contributed by atoms with Crippen LogP contribution in [0.1, 0.15) is 73.8 Å². The highest BCUT2D eigenvalue weighted by Crippen LogP contribution is 2.27. The van der Waals surface area contributed by atoms with Gasteiger partial charge in [-0.1, -0.05) is 25.3 Å². The Bertz CT molecular complexity index is 770. The van der Waals surface area contributed by atoms with Gasteiger partial charge < -0.3 is 15.5 Å². The highest BCUT2D eigenvalue weighted by molar-refractivity contribution is 5.68. The number of nitrogens with zero attached hydrogens (tertiary/aromatic N) is 3. The van der Waals surface area contributed by atoms with Crippen molar-refractivity contribution in [3.63, 3.8) is 0 Å². The van der Waals surface area contributed by atoms with Gasteiger partial charge in [0.25, 0.3) is 0 Å². The standard InChI is InChI=1S/C21H28N4O3/c26-19(18-9-8-15-6-4-10-24-21(15)25-18)7-3-1-2-5-16(11-20(27)28)17-12-22-14-23-13-17/h8-9,12-14,16,19,26H,1-7,10-11H2,(H,24,25)(H,27,28). The van der Waals surface area contributed by atoms with Gasteiger partial charge in [0.05, 0.1) is 18.2 Å². The number of aliphatic hydroxyl groups is 1. The third kappa shape index (κ3) is 5.73. The van der Waals surface area contributed by atoms with Crippen molar-refractivity contribution in [2.45, 2.75) is 63.4 Å². The number of rotatable bonds is 10. The summed E-state index contributed by atoms with van der Waals surface area (Å²) >= 11 is 0. The van der Waals surface area contributed by atoms with Gasteiger partial charge in [-0.25, -0.2) is 15.0 Å². The Morgan fingerprint density at radius 2 is 1.93 bits per heavy atom. The molecule has 2 unspecified atom stereocenters. The number of carboxylic acid groups (broad SMARTS) is 1. The van der Waals surface area contributed by atoms with E-state index in [4.69, 9.17) is 5.11 Å². The lowest BCUT2D eigenvalue weighted by Gasteiger charge is -2.19. The van der Waals surface area contributed by atoms with Crippen molar-refractivity contribution in [3.05, 3.63) is 47.7 Å². The van der Waals surface area contributed by atoms with Gasteiger partial charge in [0.1, 0.15) is 12.1 Å². The molecule has 3 heterocycles. The van der Waals surface area contributed by atoms with Crippen LogP contribution in [0.2, 0.25) is 0 Å². The first kappa shape index (κ1) is 20.2. The molecule has 0 saturated heterocycles. The third-order valence-corrected chi connectivity index (χ3v) is 5.26. The maximum absolute atomic E-state index is 11.1. The molecule has 0 fully saturated rings. The molecular formula is C21H28N4O3. The summed E-state index contributed by atoms with van der Waals surface area (Å²) in [5, 5.41) is 22.9. The van der Waals surface area contributed by atoms with E-state index in [-0.39, 0.29) is 12.3 Å². The quantitative estimate of drug-likeness (QED) is 0.538. The zero-order valence-corrected chi connectivity index (χ0v) is 16.0. The van der Waals surface area contributed by atoms with Crippen molar-refractivity contribution >= 4 is 11.8 Å². The summed E-state index contributed by atoms with van der Waals surface area (Å²) in [4.78, 5) is 23.7. The van der Waals surface area contributed by atoms with Crippen LogP contribution in [0.25, 0.3) is 0 Å². The molecule has 1 aliphatic heterocycles. The van der Waals surface area contributed by atoms with Gasteiger partial charge in [-0.05, 0) is 48.8 Å². The van der Waals surface area contributed by atoms with Crippen molar-refractivity contribution in [2.75, 3.05) is 11.9 Å². The Labute approximate surface area is 165 Å². The Kier molecular flexibility index (Phi) is 7.31. The normalized spacial score (nSPS) is 15.3. The number of carboxylic acids is 1. The van der Waals surface area contributed by atoms with Crippen molar-refractivity contribution in [2.24, 2.45) is 0 Å². The van der Waals surface area contributed by atoms with Gasteiger partial charge in [-0.2, -0.15) is 0 Å². The van der Waals surface area contributed by atoms with E-state index in [2.05, 4.69) is 26.3 Å². The van der Waals surface area contributed by atoms with E-state index in [1.807, 2.05) is 6.07 Å². The Morgan fingerprint density at radius 1 is 1.14 bits per heavy atom. The molecular weight excluding hydrogens is 356 g/mol. The fourth-order valence-corrected chi connectivity index (χ4v) is 3.70. The van der Waals surface area contributed by atoms with Crippen molar-refractivity contribution < 1.29 is 15.0 Å². The minimum Gasteiger partial charge on any atom is -0.481 e. The van der Waals surface area contributed by atoms with Crippen LogP contribution < -0.4 is 5.32 Å². The number of pyridine rings is 1. The highest BCUT2D eigenvalue weighted by atomic mass is 16.4. The first-order valence-electron chi connectivity index (χ1n) is 10.0. The Hall–Kier alpha value is -2.54. The van der Waals surface area contributed by atoms with Crippen LogP contribution in [-0.4, -0.2) is 37.7 Å². The van der Waals surface area contributed by atoms with Gasteiger partial charge in [0.15, 0.2) is 0 Å². The van der Waals surface area contributed by atoms with E-state index in [0.29, 0.717) is 6.42 Å². The third-order valence-electron chi connectivity index (χ3n) is 5.26. The maximum atomic E-state index is 11.1. The van der Waals surface area contributed by atoms with E-state index in [1.54, 1.807) is 12.4 Å². The number of aliphatic carboxylic acids is 1. The monoisotopic (exact) mass is 384 g/mol. The number of aryl methyl sites for hydroxylation is 1. The lowest BCUT2D eigenvalue weighted by molar-refractivity contribution is -0.137. The van der Waals surface area contributed by atoms with Gasteiger partial charge in [-0.3, -0.25) is 4.79 Å². The number of nitrogens with one attached hydrogen (secondary N) is 1. The van der Waals surface area contributed by atoms with E-state index in [0.717, 1.165) is 62.1 Å². The molecule has 150 valence electrons. The van der Waals surface area contributed by atoms with E-state index in [9.17, 15) is 9.90 Å². The SMILES string of the molecule is O=C(O)CC(CCCCCC(O)c1ccc2c(n1)NCCC2)c1cncnc1. The summed E-state index contributed by atoms with van der Waals surface area (Å²) in [6.07, 6.45) is 10.7. The zero-order valence-electron chi connectivity index (χ0n) is 16.0. The van der Waals surface area contributed by atoms with Gasteiger partial charge in [-0.15, -0.1) is 0 Å². The number of aliphatic hydroxyl groups excluding tert-OH is 1. The minimum atomic E-state index is -0.809. The number of carbonyl (C=O) groups is 1. The fourth-order valence-electron chi connectivity index (χ4n) is 3.70. The summed E-state index contributed by atoms with van der Waals surface area (Å²) in [7, 11) is 0. The molecule has 0 saturated carbocycles. The van der Waals surface area contributed by atoms with Gasteiger partial charge in [0.2, 0.25) is 0 Å². The molecule has 1 aliphatic rings. The number of hydrogen-bond acceptors (Lipinski definition) is 6. The summed E-state index contributed by atoms with van der Waals surface area (Å²) in [6.45, 7) is 0.934. The van der Waals surface area contributed by atoms with Crippen LogP contribution >= 0.6 is 0 Å². The lowest BCUT2D eigenvalue weighted by atomic mass is 9.92. The average molecular weight is 384 g/mol. The number of anilines is 1. The molecule has 7 heteroatoms. The maximum Gasteiger partial charge on any atom is 0.303 e. The molecule has 7 nitrogen and oxygen atoms in total. The average Bonchev–Trinajstić information content (AvgIpc) is 2.72. The van der Waals surface area contributed by atoms with Gasteiger partial charge >= 0.3 is 5.97 Å². The van der Waals surface area contributed by atoms with Crippen molar-refractivity contribution in [1.29, 1.82) is 0 Å². The van der Waals surface area contributed by atoms with Crippen LogP contribution in [0, 0.1) is 0 Å². The molecule has 3 rings (SSSR count).